The molecule has 0 fully saturated rings. The van der Waals surface area contributed by atoms with Crippen LogP contribution in [0.3, 0.4) is 0 Å². The Kier molecular flexibility index (Phi) is 10.3. The van der Waals surface area contributed by atoms with Gasteiger partial charge in [-0.3, -0.25) is 14.6 Å². The fraction of sp³-hybridized carbons (Fsp3) is 0.542. The molecule has 0 aliphatic carbocycles. The second kappa shape index (κ2) is 13.0. The molecule has 1 heterocycles. The number of nitrogens with zero attached hydrogens (tertiary/aromatic N) is 2. The predicted octanol–water partition coefficient (Wildman–Crippen LogP) is 3.92. The van der Waals surface area contributed by atoms with E-state index in [0.29, 0.717) is 18.7 Å². The molecule has 0 unspecified atom stereocenters. The van der Waals surface area contributed by atoms with Gasteiger partial charge in [-0.05, 0) is 31.4 Å². The monoisotopic (exact) mass is 413 g/mol. The molecular formula is C24H35N3O3. The first-order chi connectivity index (χ1) is 14.6. The van der Waals surface area contributed by atoms with Crippen LogP contribution in [-0.4, -0.2) is 52.5 Å². The van der Waals surface area contributed by atoms with E-state index in [1.165, 1.54) is 6.20 Å². The van der Waals surface area contributed by atoms with E-state index >= 15 is 0 Å². The summed E-state index contributed by atoms with van der Waals surface area (Å²) in [6.45, 7) is 5.48. The van der Waals surface area contributed by atoms with Crippen molar-refractivity contribution >= 4 is 22.7 Å². The van der Waals surface area contributed by atoms with Gasteiger partial charge in [0.1, 0.15) is 6.04 Å². The minimum Gasteiger partial charge on any atom is -0.396 e. The molecule has 6 heteroatoms. The third kappa shape index (κ3) is 7.10. The van der Waals surface area contributed by atoms with Crippen LogP contribution in [0.2, 0.25) is 0 Å². The Labute approximate surface area is 179 Å². The van der Waals surface area contributed by atoms with Crippen molar-refractivity contribution in [2.75, 3.05) is 19.7 Å². The number of rotatable bonds is 13. The lowest BCUT2D eigenvalue weighted by atomic mass is 10.1. The molecule has 2 amide bonds. The first-order valence-corrected chi connectivity index (χ1v) is 11.2. The number of nitrogens with one attached hydrogen (secondary N) is 1. The molecule has 6 nitrogen and oxygen atoms in total. The summed E-state index contributed by atoms with van der Waals surface area (Å²) in [6, 6.07) is 8.62. The topological polar surface area (TPSA) is 82.5 Å². The van der Waals surface area contributed by atoms with Crippen molar-refractivity contribution < 1.29 is 14.7 Å². The largest absolute Gasteiger partial charge is 0.396 e. The van der Waals surface area contributed by atoms with Crippen molar-refractivity contribution in [1.82, 2.24) is 15.2 Å². The zero-order chi connectivity index (χ0) is 21.8. The Bertz CT molecular complexity index is 799. The highest BCUT2D eigenvalue weighted by atomic mass is 16.3. The quantitative estimate of drug-likeness (QED) is 0.488. The van der Waals surface area contributed by atoms with Crippen molar-refractivity contribution in [2.45, 2.75) is 64.8 Å². The molecule has 30 heavy (non-hydrogen) atoms. The van der Waals surface area contributed by atoms with Crippen LogP contribution in [0.5, 0.6) is 0 Å². The summed E-state index contributed by atoms with van der Waals surface area (Å²) in [6.07, 6.45) is 7.92. The molecule has 2 rings (SSSR count). The molecule has 2 N–H and O–H groups in total. The second-order valence-electron chi connectivity index (χ2n) is 7.69. The Hall–Kier alpha value is -2.47. The summed E-state index contributed by atoms with van der Waals surface area (Å²) < 4.78 is 0. The van der Waals surface area contributed by atoms with Gasteiger partial charge in [0.2, 0.25) is 5.91 Å². The summed E-state index contributed by atoms with van der Waals surface area (Å²) in [4.78, 5) is 32.2. The molecule has 1 aromatic carbocycles. The molecule has 0 aliphatic heterocycles. The van der Waals surface area contributed by atoms with E-state index in [1.54, 1.807) is 6.07 Å². The van der Waals surface area contributed by atoms with Crippen LogP contribution < -0.4 is 5.32 Å². The third-order valence-electron chi connectivity index (χ3n) is 5.25. The van der Waals surface area contributed by atoms with Gasteiger partial charge in [0.05, 0.1) is 11.1 Å². The van der Waals surface area contributed by atoms with E-state index in [1.807, 2.05) is 29.2 Å². The van der Waals surface area contributed by atoms with Gasteiger partial charge in [0, 0.05) is 31.3 Å². The average molecular weight is 414 g/mol. The highest BCUT2D eigenvalue weighted by Gasteiger charge is 2.25. The molecule has 1 atom stereocenters. The lowest BCUT2D eigenvalue weighted by Gasteiger charge is -2.28. The number of hydrogen-bond donors (Lipinski definition) is 2. The van der Waals surface area contributed by atoms with E-state index in [2.05, 4.69) is 24.1 Å². The zero-order valence-electron chi connectivity index (χ0n) is 18.3. The Morgan fingerprint density at radius 3 is 2.37 bits per heavy atom. The van der Waals surface area contributed by atoms with Crippen LogP contribution in [0.15, 0.2) is 36.5 Å². The van der Waals surface area contributed by atoms with Gasteiger partial charge in [-0.25, -0.2) is 0 Å². The molecule has 0 saturated carbocycles. The molecule has 2 aromatic rings. The van der Waals surface area contributed by atoms with Crippen LogP contribution in [0.1, 0.15) is 69.2 Å². The second-order valence-corrected chi connectivity index (χ2v) is 7.69. The van der Waals surface area contributed by atoms with Crippen LogP contribution in [0.25, 0.3) is 10.9 Å². The minimum atomic E-state index is -0.739. The van der Waals surface area contributed by atoms with Crippen molar-refractivity contribution in [1.29, 1.82) is 0 Å². The number of para-hydroxylation sites is 1. The normalized spacial score (nSPS) is 12.0. The summed E-state index contributed by atoms with van der Waals surface area (Å²) in [5, 5.41) is 13.2. The maximum absolute atomic E-state index is 13.2. The maximum Gasteiger partial charge on any atom is 0.253 e. The van der Waals surface area contributed by atoms with Gasteiger partial charge in [0.25, 0.3) is 5.91 Å². The molecule has 0 radical (unpaired) electrons. The van der Waals surface area contributed by atoms with E-state index in [0.717, 1.165) is 49.4 Å². The fourth-order valence-electron chi connectivity index (χ4n) is 3.48. The number of amides is 2. The molecule has 0 bridgehead atoms. The average Bonchev–Trinajstić information content (AvgIpc) is 2.77. The Balaban J connectivity index is 2.11. The number of unbranched alkanes of at least 4 members (excludes halogenated alkanes) is 4. The van der Waals surface area contributed by atoms with Crippen LogP contribution in [-0.2, 0) is 4.79 Å². The Morgan fingerprint density at radius 2 is 1.73 bits per heavy atom. The smallest absolute Gasteiger partial charge is 0.253 e. The number of fused-ring (bicyclic) bond motifs is 1. The standard InChI is InChI=1S/C24H35N3O3/c1-3-5-9-14-27(15-10-6-4-2)24(30)22(13-16-28)26-23(29)20-17-19-11-7-8-12-21(19)25-18-20/h7-8,11-12,17-18,22,28H,3-6,9-10,13-16H2,1-2H3,(H,26,29)/t22-/m1/s1. The van der Waals surface area contributed by atoms with Gasteiger partial charge >= 0.3 is 0 Å². The van der Waals surface area contributed by atoms with E-state index in [9.17, 15) is 14.7 Å². The number of aromatic nitrogens is 1. The number of pyridine rings is 1. The number of benzene rings is 1. The summed E-state index contributed by atoms with van der Waals surface area (Å²) in [7, 11) is 0. The number of carbonyl (C=O) groups excluding carboxylic acids is 2. The third-order valence-corrected chi connectivity index (χ3v) is 5.25. The highest BCUT2D eigenvalue weighted by molar-refractivity contribution is 5.99. The number of hydrogen-bond acceptors (Lipinski definition) is 4. The first kappa shape index (κ1) is 23.8. The maximum atomic E-state index is 13.2. The first-order valence-electron chi connectivity index (χ1n) is 11.2. The zero-order valence-corrected chi connectivity index (χ0v) is 18.3. The molecule has 0 spiro atoms. The molecule has 0 saturated heterocycles. The summed E-state index contributed by atoms with van der Waals surface area (Å²) in [5.41, 5.74) is 1.23. The molecule has 1 aromatic heterocycles. The van der Waals surface area contributed by atoms with Gasteiger partial charge in [-0.2, -0.15) is 0 Å². The fourth-order valence-corrected chi connectivity index (χ4v) is 3.48. The van der Waals surface area contributed by atoms with Gasteiger partial charge < -0.3 is 15.3 Å². The van der Waals surface area contributed by atoms with Crippen molar-refractivity contribution in [3.05, 3.63) is 42.1 Å². The predicted molar refractivity (Wildman–Crippen MR) is 120 cm³/mol. The van der Waals surface area contributed by atoms with Crippen molar-refractivity contribution in [3.63, 3.8) is 0 Å². The van der Waals surface area contributed by atoms with E-state index in [-0.39, 0.29) is 24.8 Å². The summed E-state index contributed by atoms with van der Waals surface area (Å²) >= 11 is 0. The van der Waals surface area contributed by atoms with Crippen LogP contribution in [0.4, 0.5) is 0 Å². The lowest BCUT2D eigenvalue weighted by Crippen LogP contribution is -2.49. The summed E-state index contributed by atoms with van der Waals surface area (Å²) in [5.74, 6) is -0.458. The van der Waals surface area contributed by atoms with E-state index < -0.39 is 6.04 Å². The van der Waals surface area contributed by atoms with Gasteiger partial charge in [-0.15, -0.1) is 0 Å². The SMILES string of the molecule is CCCCCN(CCCCC)C(=O)[C@@H](CCO)NC(=O)c1cnc2ccccc2c1. The lowest BCUT2D eigenvalue weighted by molar-refractivity contribution is -0.133. The number of aliphatic hydroxyl groups excluding tert-OH is 1. The Morgan fingerprint density at radius 1 is 1.07 bits per heavy atom. The van der Waals surface area contributed by atoms with Gasteiger partial charge in [0.15, 0.2) is 0 Å². The van der Waals surface area contributed by atoms with Crippen molar-refractivity contribution in [3.8, 4) is 0 Å². The molecular weight excluding hydrogens is 378 g/mol. The van der Waals surface area contributed by atoms with Crippen LogP contribution in [0, 0.1) is 0 Å². The van der Waals surface area contributed by atoms with Gasteiger partial charge in [-0.1, -0.05) is 57.7 Å². The highest BCUT2D eigenvalue weighted by Crippen LogP contribution is 2.13. The minimum absolute atomic E-state index is 0.113. The van der Waals surface area contributed by atoms with Crippen LogP contribution >= 0.6 is 0 Å². The molecule has 0 aliphatic rings. The van der Waals surface area contributed by atoms with E-state index in [4.69, 9.17) is 0 Å². The van der Waals surface area contributed by atoms with Crippen molar-refractivity contribution in [2.24, 2.45) is 0 Å². The number of carbonyl (C=O) groups is 2. The molecule has 164 valence electrons. The number of aliphatic hydroxyl groups is 1.